The van der Waals surface area contributed by atoms with Crippen LogP contribution < -0.4 is 0 Å². The first-order valence-electron chi connectivity index (χ1n) is 19.4. The summed E-state index contributed by atoms with van der Waals surface area (Å²) >= 11 is 0. The molecule has 1 aromatic heterocycles. The molecule has 1 nitrogen and oxygen atoms in total. The highest BCUT2D eigenvalue weighted by Crippen LogP contribution is 2.47. The number of para-hydroxylation sites is 1. The lowest BCUT2D eigenvalue weighted by atomic mass is 9.85. The van der Waals surface area contributed by atoms with Crippen molar-refractivity contribution >= 4 is 43.5 Å². The largest absolute Gasteiger partial charge is 0.455 e. The van der Waals surface area contributed by atoms with E-state index in [0.717, 1.165) is 33.1 Å². The smallest absolute Gasteiger partial charge is 0.143 e. The van der Waals surface area contributed by atoms with Gasteiger partial charge in [-0.1, -0.05) is 154 Å². The Morgan fingerprint density at radius 1 is 0.439 bits per heavy atom. The van der Waals surface area contributed by atoms with E-state index in [4.69, 9.17) is 19.0 Å². The summed E-state index contributed by atoms with van der Waals surface area (Å²) in [5.41, 5.74) is 9.07. The lowest BCUT2D eigenvalue weighted by Gasteiger charge is -2.18. The van der Waals surface area contributed by atoms with Crippen molar-refractivity contribution in [1.82, 2.24) is 0 Å². The number of benzene rings is 7. The van der Waals surface area contributed by atoms with Gasteiger partial charge in [0.05, 0.1) is 0 Å². The molecule has 206 valence electrons. The second-order valence-corrected chi connectivity index (χ2v) is 10.0. The highest BCUT2D eigenvalue weighted by atomic mass is 16.3. The first-order valence-corrected chi connectivity index (χ1v) is 13.4. The molecule has 0 aliphatic rings. The van der Waals surface area contributed by atoms with Crippen LogP contribution in [0.3, 0.4) is 0 Å². The van der Waals surface area contributed by atoms with E-state index in [9.17, 15) is 0 Å². The Hall–Kier alpha value is -5.14. The molecule has 0 atom stereocenters. The van der Waals surface area contributed by atoms with Crippen molar-refractivity contribution in [2.24, 2.45) is 0 Å². The van der Waals surface area contributed by atoms with Crippen LogP contribution in [0, 0.1) is 0 Å². The molecule has 0 unspecified atom stereocenters. The summed E-state index contributed by atoms with van der Waals surface area (Å²) in [6.45, 7) is 0. The van der Waals surface area contributed by atoms with E-state index < -0.39 is 0 Å². The molecule has 0 aliphatic carbocycles. The van der Waals surface area contributed by atoms with Gasteiger partial charge in [-0.3, -0.25) is 0 Å². The maximum Gasteiger partial charge on any atom is 0.143 e. The molecule has 0 spiro atoms. The van der Waals surface area contributed by atoms with Crippen molar-refractivity contribution in [3.8, 4) is 33.4 Å². The van der Waals surface area contributed by atoms with E-state index >= 15 is 0 Å². The maximum atomic E-state index is 6.62. The summed E-state index contributed by atoms with van der Waals surface area (Å²) in [5, 5.41) is 7.31. The highest BCUT2D eigenvalue weighted by Gasteiger charge is 2.20. The van der Waals surface area contributed by atoms with Crippen LogP contribution in [-0.2, 0) is 0 Å². The second kappa shape index (κ2) is 10.4. The lowest BCUT2D eigenvalue weighted by molar-refractivity contribution is 0.670. The zero-order valence-electron chi connectivity index (χ0n) is 33.3. The summed E-state index contributed by atoms with van der Waals surface area (Å²) in [5.74, 6) is 0. The van der Waals surface area contributed by atoms with Crippen molar-refractivity contribution in [3.63, 3.8) is 0 Å². The number of fused-ring (bicyclic) bond motifs is 5. The van der Waals surface area contributed by atoms with E-state index in [1.165, 1.54) is 58.6 Å². The van der Waals surface area contributed by atoms with Crippen LogP contribution in [-0.4, -0.2) is 0 Å². The predicted octanol–water partition coefficient (Wildman–Crippen LogP) is 13.1. The SMILES string of the molecule is [2H]C.[2H]C.[2H][2H].[2H][2H].[2H][2H].[2H][2H].c1ccc(-c2c3ccccc3c(-c3cccc4oc5c(-c6ccccc6)cccc5c34)c3ccccc23)cc1. The van der Waals surface area contributed by atoms with Crippen molar-refractivity contribution in [3.05, 3.63) is 146 Å². The minimum atomic E-state index is 0.908. The number of furan rings is 1. The Balaban J connectivity index is 0.000000686. The van der Waals surface area contributed by atoms with Gasteiger partial charge in [0.25, 0.3) is 0 Å². The molecule has 8 aromatic rings. The molecular formula is C40H40O. The van der Waals surface area contributed by atoms with Gasteiger partial charge in [0, 0.05) is 31.0 Å². The van der Waals surface area contributed by atoms with Gasteiger partial charge in [0.15, 0.2) is 0 Å². The van der Waals surface area contributed by atoms with Crippen molar-refractivity contribution in [2.75, 3.05) is 0 Å². The fraction of sp³-hybridized carbons (Fsp3) is 0.0500. The minimum absolute atomic E-state index is 0.908. The predicted molar refractivity (Wildman–Crippen MR) is 187 cm³/mol. The van der Waals surface area contributed by atoms with Crippen LogP contribution in [0.2, 0.25) is 0 Å². The zero-order valence-corrected chi connectivity index (χ0v) is 23.3. The Labute approximate surface area is 256 Å². The van der Waals surface area contributed by atoms with Gasteiger partial charge in [0.2, 0.25) is 0 Å². The Kier molecular flexibility index (Phi) is 5.06. The van der Waals surface area contributed by atoms with Crippen molar-refractivity contribution in [1.29, 1.82) is 0 Å². The summed E-state index contributed by atoms with van der Waals surface area (Å²) in [6.07, 6.45) is 0. The topological polar surface area (TPSA) is 13.1 Å². The molecular weight excluding hydrogens is 496 g/mol. The first kappa shape index (κ1) is 19.8. The molecule has 1 heterocycles. The van der Waals surface area contributed by atoms with E-state index in [0.29, 0.717) is 0 Å². The summed E-state index contributed by atoms with van der Waals surface area (Å²) in [6, 6.07) is 51.8. The van der Waals surface area contributed by atoms with Gasteiger partial charge in [-0.15, -0.1) is 0 Å². The van der Waals surface area contributed by atoms with Crippen molar-refractivity contribution < 1.29 is 19.0 Å². The molecule has 0 amide bonds. The summed E-state index contributed by atoms with van der Waals surface area (Å²) in [7, 11) is 2.50. The Bertz CT molecular complexity index is 2130. The molecule has 1 heteroatoms. The molecule has 0 saturated heterocycles. The van der Waals surface area contributed by atoms with E-state index in [-0.39, 0.29) is 0 Å². The molecule has 7 aromatic carbocycles. The average Bonchev–Trinajstić information content (AvgIpc) is 3.64. The van der Waals surface area contributed by atoms with Gasteiger partial charge in [0.1, 0.15) is 11.2 Å². The molecule has 0 radical (unpaired) electrons. The third-order valence-corrected chi connectivity index (χ3v) is 7.87. The fourth-order valence-corrected chi connectivity index (χ4v) is 6.24. The number of hydrogen-bond acceptors (Lipinski definition) is 1. The van der Waals surface area contributed by atoms with Gasteiger partial charge in [-0.25, -0.2) is 0 Å². The van der Waals surface area contributed by atoms with Crippen LogP contribution in [0.5, 0.6) is 0 Å². The molecule has 8 rings (SSSR count). The van der Waals surface area contributed by atoms with Crippen molar-refractivity contribution in [2.45, 2.75) is 14.8 Å². The number of rotatable bonds is 3. The van der Waals surface area contributed by atoms with E-state index in [2.05, 4.69) is 146 Å². The van der Waals surface area contributed by atoms with Gasteiger partial charge in [-0.2, -0.15) is 0 Å². The van der Waals surface area contributed by atoms with E-state index in [1.807, 2.05) is 0 Å². The third kappa shape index (κ3) is 4.01. The molecule has 0 aliphatic heterocycles. The zero-order chi connectivity index (χ0) is 37.8. The fourth-order valence-electron chi connectivity index (χ4n) is 6.24. The summed E-state index contributed by atoms with van der Waals surface area (Å²) in [4.78, 5) is 0. The normalized spacial score (nSPS) is 12.1. The van der Waals surface area contributed by atoms with Gasteiger partial charge >= 0.3 is 0 Å². The van der Waals surface area contributed by atoms with E-state index in [1.54, 1.807) is 0 Å². The van der Waals surface area contributed by atoms with Gasteiger partial charge < -0.3 is 4.42 Å². The quantitative estimate of drug-likeness (QED) is 0.201. The van der Waals surface area contributed by atoms with Crippen LogP contribution in [0.4, 0.5) is 0 Å². The maximum absolute atomic E-state index is 6.62. The molecule has 41 heavy (non-hydrogen) atoms. The first-order chi connectivity index (χ1) is 25.4. The highest BCUT2D eigenvalue weighted by molar-refractivity contribution is 6.26. The lowest BCUT2D eigenvalue weighted by Crippen LogP contribution is -1.91. The number of hydrogen-bond donors (Lipinski definition) is 0. The minimum Gasteiger partial charge on any atom is -0.455 e. The molecule has 0 fully saturated rings. The standard InChI is InChI=1S/C38H24O.2CH4.4H2/c1-3-13-25(14-4-1)27-21-11-23-33-37-32(22-12-24-34(37)39-38(27)33)36-30-19-9-7-17-28(30)35(26-15-5-2-6-16-26)29-18-8-10-20-31(29)36;;;;;;/h1-24H;2*1H4;4*1H/i;2*1D;4*1+1D. The summed E-state index contributed by atoms with van der Waals surface area (Å²) < 4.78 is 58.1. The van der Waals surface area contributed by atoms with Crippen LogP contribution in [0.1, 0.15) is 29.4 Å². The Morgan fingerprint density at radius 3 is 1.51 bits per heavy atom. The average molecular weight is 547 g/mol. The molecule has 0 N–H and O–H groups in total. The van der Waals surface area contributed by atoms with Crippen LogP contribution in [0.15, 0.2) is 150 Å². The molecule has 0 saturated carbocycles. The van der Waals surface area contributed by atoms with Crippen LogP contribution in [0.25, 0.3) is 76.9 Å². The van der Waals surface area contributed by atoms with Crippen LogP contribution >= 0.6 is 0 Å². The second-order valence-electron chi connectivity index (χ2n) is 10.0. The van der Waals surface area contributed by atoms with Gasteiger partial charge in [-0.05, 0) is 55.4 Å². The third-order valence-electron chi connectivity index (χ3n) is 7.87. The monoisotopic (exact) mass is 546 g/mol. The Morgan fingerprint density at radius 2 is 0.902 bits per heavy atom. The molecule has 0 bridgehead atoms.